The zero-order chi connectivity index (χ0) is 13.3. The van der Waals surface area contributed by atoms with Crippen LogP contribution in [0, 0.1) is 6.92 Å². The number of H-pyrrole nitrogens is 1. The number of rotatable bonds is 4. The average molecular weight is 250 g/mol. The summed E-state index contributed by atoms with van der Waals surface area (Å²) in [7, 11) is 1.43. The number of nitrogens with zero attached hydrogens (tertiary/aromatic N) is 3. The SMILES string of the molecule is CCn1nc(-c2cn[nH]c2C)c(C(=O)O)c1OC. The molecular formula is C11H14N4O3. The van der Waals surface area contributed by atoms with Gasteiger partial charge in [-0.15, -0.1) is 0 Å². The summed E-state index contributed by atoms with van der Waals surface area (Å²) in [6.45, 7) is 4.21. The largest absolute Gasteiger partial charge is 0.481 e. The Morgan fingerprint density at radius 3 is 2.78 bits per heavy atom. The van der Waals surface area contributed by atoms with Crippen LogP contribution in [0.3, 0.4) is 0 Å². The normalized spacial score (nSPS) is 10.6. The third-order valence-corrected chi connectivity index (χ3v) is 2.70. The van der Waals surface area contributed by atoms with E-state index in [1.165, 1.54) is 11.8 Å². The molecule has 0 bridgehead atoms. The number of aromatic nitrogens is 4. The van der Waals surface area contributed by atoms with E-state index in [1.807, 2.05) is 13.8 Å². The summed E-state index contributed by atoms with van der Waals surface area (Å²) in [5, 5.41) is 20.2. The highest BCUT2D eigenvalue weighted by Crippen LogP contribution is 2.31. The van der Waals surface area contributed by atoms with Crippen molar-refractivity contribution in [3.63, 3.8) is 0 Å². The number of carboxylic acids is 1. The molecule has 0 aliphatic carbocycles. The molecule has 0 aliphatic rings. The van der Waals surface area contributed by atoms with Gasteiger partial charge in [0.1, 0.15) is 11.3 Å². The van der Waals surface area contributed by atoms with Crippen LogP contribution in [0.25, 0.3) is 11.3 Å². The molecule has 0 unspecified atom stereocenters. The molecule has 2 heterocycles. The van der Waals surface area contributed by atoms with E-state index in [4.69, 9.17) is 4.74 Å². The van der Waals surface area contributed by atoms with E-state index in [1.54, 1.807) is 6.20 Å². The number of carboxylic acid groups (broad SMARTS) is 1. The van der Waals surface area contributed by atoms with Gasteiger partial charge in [-0.2, -0.15) is 10.2 Å². The molecule has 0 radical (unpaired) electrons. The third kappa shape index (κ3) is 1.73. The molecule has 2 N–H and O–H groups in total. The minimum absolute atomic E-state index is 0.0591. The summed E-state index contributed by atoms with van der Waals surface area (Å²) >= 11 is 0. The van der Waals surface area contributed by atoms with Gasteiger partial charge < -0.3 is 9.84 Å². The van der Waals surface area contributed by atoms with Crippen LogP contribution in [0.2, 0.25) is 0 Å². The van der Waals surface area contributed by atoms with Crippen LogP contribution in [0.5, 0.6) is 5.88 Å². The van der Waals surface area contributed by atoms with Crippen molar-refractivity contribution >= 4 is 5.97 Å². The number of nitrogens with one attached hydrogen (secondary N) is 1. The smallest absolute Gasteiger partial charge is 0.343 e. The second kappa shape index (κ2) is 4.52. The Hall–Kier alpha value is -2.31. The summed E-state index contributed by atoms with van der Waals surface area (Å²) < 4.78 is 6.66. The summed E-state index contributed by atoms with van der Waals surface area (Å²) in [6.07, 6.45) is 1.56. The van der Waals surface area contributed by atoms with E-state index in [2.05, 4.69) is 15.3 Å². The van der Waals surface area contributed by atoms with E-state index in [0.717, 1.165) is 5.69 Å². The monoisotopic (exact) mass is 250 g/mol. The Morgan fingerprint density at radius 2 is 2.33 bits per heavy atom. The highest BCUT2D eigenvalue weighted by molar-refractivity contribution is 5.97. The summed E-state index contributed by atoms with van der Waals surface area (Å²) in [6, 6.07) is 0. The zero-order valence-electron chi connectivity index (χ0n) is 10.4. The maximum absolute atomic E-state index is 11.4. The van der Waals surface area contributed by atoms with Gasteiger partial charge in [-0.1, -0.05) is 0 Å². The first-order valence-electron chi connectivity index (χ1n) is 5.48. The Labute approximate surface area is 103 Å². The van der Waals surface area contributed by atoms with Crippen LogP contribution >= 0.6 is 0 Å². The molecule has 18 heavy (non-hydrogen) atoms. The van der Waals surface area contributed by atoms with Gasteiger partial charge in [0, 0.05) is 17.8 Å². The van der Waals surface area contributed by atoms with Gasteiger partial charge in [-0.3, -0.25) is 5.10 Å². The highest BCUT2D eigenvalue weighted by atomic mass is 16.5. The number of aromatic carboxylic acids is 1. The first kappa shape index (κ1) is 12.2. The second-order valence-corrected chi connectivity index (χ2v) is 3.76. The van der Waals surface area contributed by atoms with E-state index in [0.29, 0.717) is 17.8 Å². The van der Waals surface area contributed by atoms with Crippen molar-refractivity contribution in [3.8, 4) is 17.1 Å². The second-order valence-electron chi connectivity index (χ2n) is 3.76. The molecule has 0 fully saturated rings. The lowest BCUT2D eigenvalue weighted by Gasteiger charge is -2.02. The van der Waals surface area contributed by atoms with Gasteiger partial charge >= 0.3 is 5.97 Å². The maximum Gasteiger partial charge on any atom is 0.343 e. The highest BCUT2D eigenvalue weighted by Gasteiger charge is 2.26. The fourth-order valence-electron chi connectivity index (χ4n) is 1.84. The molecule has 0 aromatic carbocycles. The van der Waals surface area contributed by atoms with Gasteiger partial charge in [-0.25, -0.2) is 9.48 Å². The standard InChI is InChI=1S/C11H14N4O3/c1-4-15-10(18-3)8(11(16)17)9(14-15)7-5-12-13-6(7)2/h5H,4H2,1-3H3,(H,12,13)(H,16,17). The number of methoxy groups -OCH3 is 1. The maximum atomic E-state index is 11.4. The van der Waals surface area contributed by atoms with Gasteiger partial charge in [-0.05, 0) is 13.8 Å². The van der Waals surface area contributed by atoms with Crippen LogP contribution in [-0.2, 0) is 6.54 Å². The molecule has 2 aromatic heterocycles. The molecule has 0 aliphatic heterocycles. The van der Waals surface area contributed by atoms with Gasteiger partial charge in [0.05, 0.1) is 13.3 Å². The molecule has 0 spiro atoms. The molecule has 0 amide bonds. The molecular weight excluding hydrogens is 236 g/mol. The molecule has 96 valence electrons. The number of carbonyl (C=O) groups is 1. The lowest BCUT2D eigenvalue weighted by Crippen LogP contribution is -2.03. The fraction of sp³-hybridized carbons (Fsp3) is 0.364. The number of aryl methyl sites for hydroxylation is 2. The topological polar surface area (TPSA) is 93.0 Å². The van der Waals surface area contributed by atoms with Crippen LogP contribution in [0.15, 0.2) is 6.20 Å². The van der Waals surface area contributed by atoms with Gasteiger partial charge in [0.2, 0.25) is 5.88 Å². The summed E-state index contributed by atoms with van der Waals surface area (Å²) in [4.78, 5) is 11.4. The first-order chi connectivity index (χ1) is 8.60. The number of hydrogen-bond donors (Lipinski definition) is 2. The molecule has 2 aromatic rings. The molecule has 0 atom stereocenters. The van der Waals surface area contributed by atoms with Crippen molar-refractivity contribution in [1.82, 2.24) is 20.0 Å². The quantitative estimate of drug-likeness (QED) is 0.853. The van der Waals surface area contributed by atoms with Gasteiger partial charge in [0.15, 0.2) is 0 Å². The van der Waals surface area contributed by atoms with Crippen molar-refractivity contribution in [2.24, 2.45) is 0 Å². The van der Waals surface area contributed by atoms with Crippen molar-refractivity contribution in [3.05, 3.63) is 17.5 Å². The molecule has 7 nitrogen and oxygen atoms in total. The number of hydrogen-bond acceptors (Lipinski definition) is 4. The Kier molecular flexibility index (Phi) is 3.05. The summed E-state index contributed by atoms with van der Waals surface area (Å²) in [5.41, 5.74) is 1.86. The van der Waals surface area contributed by atoms with Crippen molar-refractivity contribution < 1.29 is 14.6 Å². The number of ether oxygens (including phenoxy) is 1. The molecule has 2 rings (SSSR count). The lowest BCUT2D eigenvalue weighted by atomic mass is 10.1. The minimum atomic E-state index is -1.07. The van der Waals surface area contributed by atoms with Crippen molar-refractivity contribution in [2.75, 3.05) is 7.11 Å². The minimum Gasteiger partial charge on any atom is -0.481 e. The molecule has 0 saturated carbocycles. The predicted molar refractivity (Wildman–Crippen MR) is 63.7 cm³/mol. The van der Waals surface area contributed by atoms with Crippen LogP contribution in [0.4, 0.5) is 0 Å². The van der Waals surface area contributed by atoms with Crippen LogP contribution in [0.1, 0.15) is 23.0 Å². The van der Waals surface area contributed by atoms with E-state index >= 15 is 0 Å². The first-order valence-corrected chi connectivity index (χ1v) is 5.48. The van der Waals surface area contributed by atoms with E-state index in [-0.39, 0.29) is 11.4 Å². The van der Waals surface area contributed by atoms with Crippen LogP contribution in [-0.4, -0.2) is 38.2 Å². The van der Waals surface area contributed by atoms with Crippen LogP contribution < -0.4 is 4.74 Å². The lowest BCUT2D eigenvalue weighted by molar-refractivity contribution is 0.0693. The van der Waals surface area contributed by atoms with E-state index in [9.17, 15) is 9.90 Å². The van der Waals surface area contributed by atoms with Crippen molar-refractivity contribution in [1.29, 1.82) is 0 Å². The zero-order valence-corrected chi connectivity index (χ0v) is 10.4. The molecule has 0 saturated heterocycles. The Morgan fingerprint density at radius 1 is 1.61 bits per heavy atom. The fourth-order valence-corrected chi connectivity index (χ4v) is 1.84. The molecule has 7 heteroatoms. The third-order valence-electron chi connectivity index (χ3n) is 2.70. The predicted octanol–water partition coefficient (Wildman–Crippen LogP) is 1.31. The Bertz CT molecular complexity index is 585. The van der Waals surface area contributed by atoms with E-state index < -0.39 is 5.97 Å². The van der Waals surface area contributed by atoms with Crippen molar-refractivity contribution in [2.45, 2.75) is 20.4 Å². The van der Waals surface area contributed by atoms with Gasteiger partial charge in [0.25, 0.3) is 0 Å². The number of aromatic amines is 1. The summed E-state index contributed by atoms with van der Waals surface area (Å²) in [5.74, 6) is -0.817. The average Bonchev–Trinajstić information content (AvgIpc) is 2.91. The Balaban J connectivity index is 2.71.